The summed E-state index contributed by atoms with van der Waals surface area (Å²) in [6.07, 6.45) is 9.10. The monoisotopic (exact) mass is 674 g/mol. The predicted molar refractivity (Wildman–Crippen MR) is 181 cm³/mol. The first-order valence-corrected chi connectivity index (χ1v) is 15.9. The number of carboxylic acid groups (broad SMARTS) is 1. The van der Waals surface area contributed by atoms with Crippen LogP contribution in [0.2, 0.25) is 10.0 Å². The van der Waals surface area contributed by atoms with Crippen LogP contribution in [0.5, 0.6) is 5.88 Å². The Morgan fingerprint density at radius 3 is 2.62 bits per heavy atom. The molecule has 12 nitrogen and oxygen atoms in total. The van der Waals surface area contributed by atoms with Gasteiger partial charge in [-0.1, -0.05) is 23.2 Å². The fraction of sp³-hybridized carbons (Fsp3) is 0.303. The van der Waals surface area contributed by atoms with E-state index in [2.05, 4.69) is 49.0 Å². The minimum Gasteiger partial charge on any atom is -0.477 e. The van der Waals surface area contributed by atoms with E-state index in [-0.39, 0.29) is 29.5 Å². The summed E-state index contributed by atoms with van der Waals surface area (Å²) < 4.78 is 7.79. The van der Waals surface area contributed by atoms with Crippen LogP contribution in [0.3, 0.4) is 0 Å². The number of likely N-dealkylation sites (N-methyl/N-ethyl adjacent to an activating group) is 1. The van der Waals surface area contributed by atoms with Gasteiger partial charge < -0.3 is 29.1 Å². The number of pyridine rings is 3. The van der Waals surface area contributed by atoms with Gasteiger partial charge >= 0.3 is 5.97 Å². The number of carbonyl (C=O) groups is 1. The Balaban J connectivity index is 1.28. The van der Waals surface area contributed by atoms with Crippen LogP contribution in [0, 0.1) is 0 Å². The molecule has 2 aliphatic heterocycles. The largest absolute Gasteiger partial charge is 0.477 e. The van der Waals surface area contributed by atoms with Crippen LogP contribution in [0.25, 0.3) is 16.6 Å². The number of nitrogens with zero attached hydrogens (tertiary/aromatic N) is 7. The summed E-state index contributed by atoms with van der Waals surface area (Å²) in [5, 5.41) is 17.9. The predicted octanol–water partition coefficient (Wildman–Crippen LogP) is 4.70. The average Bonchev–Trinajstić information content (AvgIpc) is 3.71. The first kappa shape index (κ1) is 31.0. The average molecular weight is 676 g/mol. The summed E-state index contributed by atoms with van der Waals surface area (Å²) in [5.41, 5.74) is 1.88. The minimum atomic E-state index is -1.32. The number of aromatic carboxylic acids is 1. The van der Waals surface area contributed by atoms with E-state index in [0.29, 0.717) is 45.4 Å². The number of halogens is 2. The van der Waals surface area contributed by atoms with E-state index < -0.39 is 11.4 Å². The van der Waals surface area contributed by atoms with Crippen LogP contribution < -0.4 is 20.0 Å². The van der Waals surface area contributed by atoms with Crippen molar-refractivity contribution in [2.45, 2.75) is 24.4 Å². The third-order valence-electron chi connectivity index (χ3n) is 9.08. The molecule has 7 rings (SSSR count). The summed E-state index contributed by atoms with van der Waals surface area (Å²) in [7, 11) is 4.12. The molecule has 0 spiro atoms. The van der Waals surface area contributed by atoms with Gasteiger partial charge in [-0.2, -0.15) is 5.10 Å². The van der Waals surface area contributed by atoms with Gasteiger partial charge in [-0.25, -0.2) is 14.8 Å². The number of hydrogen-bond donors (Lipinski definition) is 2. The highest BCUT2D eigenvalue weighted by molar-refractivity contribution is 6.34. The standard InChI is InChI=1S/C33H32Cl2N8O4/c1-40(2)23-15-41(16-23)30-6-5-21(13-37-30)43-17-25(33(45)46)31(44)24-9-27(35)29(10-28(24)43)42-14-19(20-11-38-39-12-20)8-22(42)18-47-32-26(34)4-3-7-36-32/h3-7,9-13,17,19,22-23H,8,14-16,18H2,1-2H3,(H,38,39)(H,45,46)/t19?,22-/m1/s1. The van der Waals surface area contributed by atoms with E-state index in [9.17, 15) is 14.7 Å². The molecule has 0 aliphatic carbocycles. The van der Waals surface area contributed by atoms with Crippen LogP contribution in [-0.2, 0) is 0 Å². The third kappa shape index (κ3) is 5.88. The summed E-state index contributed by atoms with van der Waals surface area (Å²) in [6, 6.07) is 11.0. The van der Waals surface area contributed by atoms with Crippen molar-refractivity contribution < 1.29 is 14.6 Å². The van der Waals surface area contributed by atoms with Crippen molar-refractivity contribution >= 4 is 51.6 Å². The van der Waals surface area contributed by atoms with Gasteiger partial charge in [0.15, 0.2) is 0 Å². The molecule has 2 N–H and O–H groups in total. The van der Waals surface area contributed by atoms with Gasteiger partial charge in [0.2, 0.25) is 11.3 Å². The number of fused-ring (bicyclic) bond motifs is 1. The van der Waals surface area contributed by atoms with Crippen molar-refractivity contribution in [1.29, 1.82) is 0 Å². The Morgan fingerprint density at radius 1 is 1.11 bits per heavy atom. The first-order valence-electron chi connectivity index (χ1n) is 15.2. The number of rotatable bonds is 9. The van der Waals surface area contributed by atoms with E-state index in [1.807, 2.05) is 30.6 Å². The molecular weight excluding hydrogens is 643 g/mol. The number of hydrogen-bond acceptors (Lipinski definition) is 9. The molecule has 14 heteroatoms. The van der Waals surface area contributed by atoms with Crippen molar-refractivity contribution in [3.8, 4) is 11.6 Å². The summed E-state index contributed by atoms with van der Waals surface area (Å²) >= 11 is 13.3. The second-order valence-electron chi connectivity index (χ2n) is 12.1. The number of H-pyrrole nitrogens is 1. The molecule has 4 aromatic heterocycles. The molecule has 2 saturated heterocycles. The van der Waals surface area contributed by atoms with Crippen LogP contribution in [0.4, 0.5) is 11.5 Å². The van der Waals surface area contributed by atoms with E-state index >= 15 is 0 Å². The van der Waals surface area contributed by atoms with Crippen LogP contribution in [0.1, 0.15) is 28.3 Å². The maximum Gasteiger partial charge on any atom is 0.341 e. The Kier molecular flexibility index (Phi) is 8.25. The number of benzene rings is 1. The van der Waals surface area contributed by atoms with E-state index in [1.54, 1.807) is 35.2 Å². The molecule has 0 amide bonds. The van der Waals surface area contributed by atoms with Crippen LogP contribution in [0.15, 0.2) is 72.2 Å². The molecule has 0 radical (unpaired) electrons. The zero-order chi connectivity index (χ0) is 32.8. The van der Waals surface area contributed by atoms with Gasteiger partial charge in [-0.15, -0.1) is 0 Å². The number of nitrogens with one attached hydrogen (secondary N) is 1. The Hall–Kier alpha value is -4.65. The SMILES string of the molecule is CN(C)C1CN(c2ccc(-n3cc(C(=O)O)c(=O)c4cc(Cl)c(N5CC(c6cn[nH]c6)C[C@@H]5COc5ncccc5Cl)cc43)cn2)C1. The highest BCUT2D eigenvalue weighted by atomic mass is 35.5. The lowest BCUT2D eigenvalue weighted by molar-refractivity contribution is 0.0695. The third-order valence-corrected chi connectivity index (χ3v) is 9.67. The van der Waals surface area contributed by atoms with Gasteiger partial charge in [-0.3, -0.25) is 9.89 Å². The maximum absolute atomic E-state index is 13.4. The lowest BCUT2D eigenvalue weighted by Gasteiger charge is -2.43. The molecule has 1 aromatic carbocycles. The maximum atomic E-state index is 13.4. The van der Waals surface area contributed by atoms with Gasteiger partial charge in [-0.05, 0) is 62.5 Å². The van der Waals surface area contributed by atoms with Gasteiger partial charge in [0, 0.05) is 55.6 Å². The molecule has 0 saturated carbocycles. The summed E-state index contributed by atoms with van der Waals surface area (Å²) in [5.74, 6) is -0.0293. The number of aromatic nitrogens is 5. The number of aromatic amines is 1. The van der Waals surface area contributed by atoms with E-state index in [4.69, 9.17) is 27.9 Å². The molecule has 242 valence electrons. The fourth-order valence-corrected chi connectivity index (χ4v) is 6.79. The molecule has 0 bridgehead atoms. The fourth-order valence-electron chi connectivity index (χ4n) is 6.35. The topological polar surface area (TPSA) is 133 Å². The number of carboxylic acids is 1. The Labute approximate surface area is 280 Å². The normalized spacial score (nSPS) is 18.2. The van der Waals surface area contributed by atoms with Gasteiger partial charge in [0.05, 0.1) is 40.3 Å². The molecule has 2 fully saturated rings. The van der Waals surface area contributed by atoms with E-state index in [1.165, 1.54) is 6.20 Å². The zero-order valence-corrected chi connectivity index (χ0v) is 27.2. The lowest BCUT2D eigenvalue weighted by Crippen LogP contribution is -2.57. The minimum absolute atomic E-state index is 0.121. The highest BCUT2D eigenvalue weighted by Gasteiger charge is 2.36. The smallest absolute Gasteiger partial charge is 0.341 e. The van der Waals surface area contributed by atoms with Crippen molar-refractivity contribution in [2.75, 3.05) is 50.1 Å². The molecule has 1 unspecified atom stereocenters. The lowest BCUT2D eigenvalue weighted by atomic mass is 10.00. The van der Waals surface area contributed by atoms with Crippen molar-refractivity contribution in [3.05, 3.63) is 98.8 Å². The first-order chi connectivity index (χ1) is 22.7. The van der Waals surface area contributed by atoms with E-state index in [0.717, 1.165) is 30.9 Å². The molecule has 47 heavy (non-hydrogen) atoms. The Morgan fingerprint density at radius 2 is 1.94 bits per heavy atom. The van der Waals surface area contributed by atoms with Crippen LogP contribution >= 0.6 is 23.2 Å². The van der Waals surface area contributed by atoms with Gasteiger partial charge in [0.25, 0.3) is 0 Å². The molecule has 5 aromatic rings. The number of anilines is 2. The number of ether oxygens (including phenoxy) is 1. The second kappa shape index (κ2) is 12.5. The van der Waals surface area contributed by atoms with Crippen molar-refractivity contribution in [2.24, 2.45) is 0 Å². The molecule has 6 heterocycles. The summed E-state index contributed by atoms with van der Waals surface area (Å²) in [4.78, 5) is 41.1. The molecule has 2 aliphatic rings. The Bertz CT molecular complexity index is 2000. The van der Waals surface area contributed by atoms with Gasteiger partial charge in [0.1, 0.15) is 23.0 Å². The molecule has 2 atom stereocenters. The molecular formula is C33H32Cl2N8O4. The highest BCUT2D eigenvalue weighted by Crippen LogP contribution is 2.40. The second-order valence-corrected chi connectivity index (χ2v) is 13.0. The van der Waals surface area contributed by atoms with Crippen LogP contribution in [-0.4, -0.2) is 93.1 Å². The quantitative estimate of drug-likeness (QED) is 0.227. The van der Waals surface area contributed by atoms with Crippen molar-refractivity contribution in [1.82, 2.24) is 29.6 Å². The van der Waals surface area contributed by atoms with Crippen molar-refractivity contribution in [3.63, 3.8) is 0 Å². The zero-order valence-electron chi connectivity index (χ0n) is 25.7. The summed E-state index contributed by atoms with van der Waals surface area (Å²) in [6.45, 7) is 2.63.